The van der Waals surface area contributed by atoms with Crippen LogP contribution < -0.4 is 19.8 Å². The number of hydrogen-bond donors (Lipinski definition) is 1. The van der Waals surface area contributed by atoms with E-state index >= 15 is 0 Å². The molecular weight excluding hydrogens is 638 g/mol. The van der Waals surface area contributed by atoms with E-state index in [9.17, 15) is 24.0 Å². The quantitative estimate of drug-likeness (QED) is 0.202. The van der Waals surface area contributed by atoms with Crippen LogP contribution in [0.2, 0.25) is 5.02 Å². The molecule has 2 unspecified atom stereocenters. The summed E-state index contributed by atoms with van der Waals surface area (Å²) in [4.78, 5) is 68.0. The lowest BCUT2D eigenvalue weighted by molar-refractivity contribution is -0.122. The third-order valence-corrected chi connectivity index (χ3v) is 10.4. The van der Waals surface area contributed by atoms with Crippen LogP contribution >= 0.6 is 34.7 Å². The molecule has 3 amide bonds. The molecule has 1 fully saturated rings. The topological polar surface area (TPSA) is 124 Å². The van der Waals surface area contributed by atoms with Crippen molar-refractivity contribution in [2.45, 2.75) is 29.7 Å². The van der Waals surface area contributed by atoms with Crippen molar-refractivity contribution >= 4 is 69.8 Å². The second-order valence-corrected chi connectivity index (χ2v) is 12.8. The Labute approximate surface area is 270 Å². The SMILES string of the molecule is CCOC(=O)c1ccc(N2C(=O)C3Sc4c(sc(=O)n4CC(=O)Nc4ccc(OC)cc4)[C@@H](c4ccc(Cl)cc4)C3C2=O)cc1. The Morgan fingerprint density at radius 2 is 1.62 bits per heavy atom. The van der Waals surface area contributed by atoms with Crippen molar-refractivity contribution in [3.8, 4) is 5.75 Å². The molecule has 13 heteroatoms. The average molecular weight is 664 g/mol. The van der Waals surface area contributed by atoms with Gasteiger partial charge in [0, 0.05) is 21.5 Å². The molecule has 0 spiro atoms. The van der Waals surface area contributed by atoms with E-state index in [2.05, 4.69) is 5.32 Å². The van der Waals surface area contributed by atoms with Gasteiger partial charge in [-0.05, 0) is 73.2 Å². The number of amides is 3. The van der Waals surface area contributed by atoms with Gasteiger partial charge >= 0.3 is 10.8 Å². The molecule has 1 saturated heterocycles. The van der Waals surface area contributed by atoms with E-state index in [0.29, 0.717) is 43.2 Å². The van der Waals surface area contributed by atoms with E-state index in [-0.39, 0.29) is 18.0 Å². The predicted molar refractivity (Wildman–Crippen MR) is 172 cm³/mol. The number of aromatic nitrogens is 1. The largest absolute Gasteiger partial charge is 0.497 e. The highest BCUT2D eigenvalue weighted by Gasteiger charge is 2.56. The molecule has 10 nitrogen and oxygen atoms in total. The molecule has 4 aromatic rings. The number of thioether (sulfide) groups is 1. The van der Waals surface area contributed by atoms with Crippen LogP contribution in [-0.2, 0) is 25.7 Å². The minimum absolute atomic E-state index is 0.217. The van der Waals surface area contributed by atoms with Gasteiger partial charge in [-0.25, -0.2) is 9.69 Å². The molecule has 45 heavy (non-hydrogen) atoms. The first-order valence-electron chi connectivity index (χ1n) is 13.9. The highest BCUT2D eigenvalue weighted by molar-refractivity contribution is 8.00. The third-order valence-electron chi connectivity index (χ3n) is 7.59. The molecular formula is C32H26ClN3O7S2. The predicted octanol–water partition coefficient (Wildman–Crippen LogP) is 5.18. The Hall–Kier alpha value is -4.39. The number of carbonyl (C=O) groups is 4. The van der Waals surface area contributed by atoms with Crippen molar-refractivity contribution in [2.24, 2.45) is 5.92 Å². The summed E-state index contributed by atoms with van der Waals surface area (Å²) in [7, 11) is 1.54. The first kappa shape index (κ1) is 30.6. The van der Waals surface area contributed by atoms with Crippen LogP contribution in [0, 0.1) is 5.92 Å². The van der Waals surface area contributed by atoms with E-state index in [1.54, 1.807) is 62.6 Å². The summed E-state index contributed by atoms with van der Waals surface area (Å²) in [5.74, 6) is -2.62. The number of anilines is 2. The number of halogens is 1. The van der Waals surface area contributed by atoms with Crippen LogP contribution in [-0.4, -0.2) is 47.2 Å². The van der Waals surface area contributed by atoms with Crippen molar-refractivity contribution in [1.82, 2.24) is 4.57 Å². The second kappa shape index (κ2) is 12.5. The number of fused-ring (bicyclic) bond motifs is 2. The number of hydrogen-bond acceptors (Lipinski definition) is 9. The number of rotatable bonds is 8. The van der Waals surface area contributed by atoms with Crippen molar-refractivity contribution < 1.29 is 28.7 Å². The summed E-state index contributed by atoms with van der Waals surface area (Å²) in [6.45, 7) is 1.64. The lowest BCUT2D eigenvalue weighted by atomic mass is 9.83. The molecule has 1 N–H and O–H groups in total. The number of benzene rings is 3. The minimum atomic E-state index is -0.861. The molecule has 3 aromatic carbocycles. The molecule has 0 radical (unpaired) electrons. The van der Waals surface area contributed by atoms with Gasteiger partial charge in [0.05, 0.1) is 35.9 Å². The Balaban J connectivity index is 1.35. The smallest absolute Gasteiger partial charge is 0.338 e. The molecule has 6 rings (SSSR count). The maximum absolute atomic E-state index is 14.1. The molecule has 3 atom stereocenters. The molecule has 1 aromatic heterocycles. The van der Waals surface area contributed by atoms with Gasteiger partial charge in [0.15, 0.2) is 0 Å². The highest BCUT2D eigenvalue weighted by Crippen LogP contribution is 2.54. The number of thiazole rings is 1. The number of methoxy groups -OCH3 is 1. The van der Waals surface area contributed by atoms with E-state index in [0.717, 1.165) is 28.0 Å². The second-order valence-electron chi connectivity index (χ2n) is 10.3. The fourth-order valence-corrected chi connectivity index (χ4v) is 8.42. The van der Waals surface area contributed by atoms with Gasteiger partial charge in [0.2, 0.25) is 17.7 Å². The van der Waals surface area contributed by atoms with Crippen LogP contribution in [0.4, 0.5) is 11.4 Å². The number of ether oxygens (including phenoxy) is 2. The first-order valence-corrected chi connectivity index (χ1v) is 16.0. The summed E-state index contributed by atoms with van der Waals surface area (Å²) in [6.07, 6.45) is 0. The summed E-state index contributed by atoms with van der Waals surface area (Å²) in [5.41, 5.74) is 1.87. The zero-order valence-electron chi connectivity index (χ0n) is 24.0. The zero-order chi connectivity index (χ0) is 31.8. The van der Waals surface area contributed by atoms with Crippen LogP contribution in [0.3, 0.4) is 0 Å². The summed E-state index contributed by atoms with van der Waals surface area (Å²) < 4.78 is 11.6. The molecule has 0 bridgehead atoms. The van der Waals surface area contributed by atoms with Gasteiger partial charge in [-0.3, -0.25) is 23.7 Å². The highest BCUT2D eigenvalue weighted by atomic mass is 35.5. The van der Waals surface area contributed by atoms with Crippen molar-refractivity contribution in [3.63, 3.8) is 0 Å². The van der Waals surface area contributed by atoms with Gasteiger partial charge in [0.25, 0.3) is 0 Å². The Morgan fingerprint density at radius 1 is 0.933 bits per heavy atom. The van der Waals surface area contributed by atoms with Crippen LogP contribution in [0.1, 0.15) is 33.6 Å². The molecule has 2 aliphatic rings. The standard InChI is InChI=1S/C32H26ClN3O7S2/c1-3-43-31(40)18-6-12-21(13-7-18)36-28(38)25-24(17-4-8-19(33)9-5-17)27-30(44-26(25)29(36)39)35(32(41)45-27)16-23(37)34-20-10-14-22(42-2)15-11-20/h4-15,24-26H,3,16H2,1-2H3,(H,34,37)/t24-,25?,26?/m0/s1. The number of esters is 1. The minimum Gasteiger partial charge on any atom is -0.497 e. The van der Waals surface area contributed by atoms with Crippen LogP contribution in [0.5, 0.6) is 5.75 Å². The summed E-state index contributed by atoms with van der Waals surface area (Å²) in [5, 5.41) is 2.90. The molecule has 0 saturated carbocycles. The van der Waals surface area contributed by atoms with E-state index in [1.165, 1.54) is 28.8 Å². The van der Waals surface area contributed by atoms with Gasteiger partial charge < -0.3 is 14.8 Å². The van der Waals surface area contributed by atoms with Crippen molar-refractivity contribution in [3.05, 3.63) is 103 Å². The molecule has 2 aliphatic heterocycles. The summed E-state index contributed by atoms with van der Waals surface area (Å²) in [6, 6.07) is 19.8. The maximum atomic E-state index is 14.1. The Bertz CT molecular complexity index is 1850. The Kier molecular flexibility index (Phi) is 8.54. The van der Waals surface area contributed by atoms with Gasteiger partial charge in [-0.1, -0.05) is 46.8 Å². The van der Waals surface area contributed by atoms with E-state index in [4.69, 9.17) is 21.1 Å². The van der Waals surface area contributed by atoms with Crippen LogP contribution in [0.25, 0.3) is 0 Å². The molecule has 230 valence electrons. The first-order chi connectivity index (χ1) is 21.7. The average Bonchev–Trinajstić information content (AvgIpc) is 3.48. The van der Waals surface area contributed by atoms with E-state index < -0.39 is 40.8 Å². The summed E-state index contributed by atoms with van der Waals surface area (Å²) >= 11 is 8.25. The van der Waals surface area contributed by atoms with Crippen molar-refractivity contribution in [1.29, 1.82) is 0 Å². The number of carbonyl (C=O) groups excluding carboxylic acids is 4. The third kappa shape index (κ3) is 5.76. The van der Waals surface area contributed by atoms with Gasteiger partial charge in [-0.15, -0.1) is 0 Å². The van der Waals surface area contributed by atoms with Crippen molar-refractivity contribution in [2.75, 3.05) is 23.9 Å². The molecule has 0 aliphatic carbocycles. The normalized spacial score (nSPS) is 18.7. The maximum Gasteiger partial charge on any atom is 0.338 e. The number of nitrogens with one attached hydrogen (secondary N) is 1. The number of nitrogens with zero attached hydrogens (tertiary/aromatic N) is 2. The van der Waals surface area contributed by atoms with Gasteiger partial charge in [-0.2, -0.15) is 0 Å². The lowest BCUT2D eigenvalue weighted by Gasteiger charge is -2.30. The fourth-order valence-electron chi connectivity index (χ4n) is 5.52. The Morgan fingerprint density at radius 3 is 2.27 bits per heavy atom. The number of imide groups is 1. The lowest BCUT2D eigenvalue weighted by Crippen LogP contribution is -2.33. The fraction of sp³-hybridized carbons (Fsp3) is 0.219. The van der Waals surface area contributed by atoms with E-state index in [1.807, 2.05) is 0 Å². The van der Waals surface area contributed by atoms with Gasteiger partial charge in [0.1, 0.15) is 17.5 Å². The monoisotopic (exact) mass is 663 g/mol. The molecule has 3 heterocycles. The van der Waals surface area contributed by atoms with Crippen LogP contribution in [0.15, 0.2) is 82.6 Å². The zero-order valence-corrected chi connectivity index (χ0v) is 26.4.